The number of esters is 8. The van der Waals surface area contributed by atoms with Gasteiger partial charge in [-0.3, -0.25) is 52.7 Å². The van der Waals surface area contributed by atoms with E-state index in [1.54, 1.807) is 0 Å². The molecule has 0 saturated carbocycles. The third-order valence-corrected chi connectivity index (χ3v) is 8.77. The van der Waals surface area contributed by atoms with Crippen LogP contribution in [-0.4, -0.2) is 107 Å². The molecule has 1 aromatic carbocycles. The summed E-state index contributed by atoms with van der Waals surface area (Å²) in [6.45, 7) is 7.47. The summed E-state index contributed by atoms with van der Waals surface area (Å²) in [6.07, 6.45) is -7.64. The van der Waals surface area contributed by atoms with Crippen molar-refractivity contribution in [3.63, 3.8) is 0 Å². The van der Waals surface area contributed by atoms with Crippen molar-refractivity contribution in [3.05, 3.63) is 40.0 Å². The SMILES string of the molecule is CC(=O)OC[C@H]1OC(c2c(OC(C)=O)c(OC(C)=O)c3c(c2OC(C)=O)C(=O)C2=C(C=CC(C(=O)O)C2(C)OC(C)=O)C3=O)[C@H](OC(C)=O)[C@@H](OC(C)=O)[C@@H]1OC(C)=O. The molecule has 1 heterocycles. The van der Waals surface area contributed by atoms with E-state index in [0.717, 1.165) is 74.5 Å². The summed E-state index contributed by atoms with van der Waals surface area (Å²) in [4.78, 5) is 143. The lowest BCUT2D eigenvalue weighted by atomic mass is 9.68. The molecular weight excluding hydrogens is 792 g/mol. The van der Waals surface area contributed by atoms with Crippen molar-refractivity contribution < 1.29 is 100 Å². The molecule has 0 spiro atoms. The molecule has 316 valence electrons. The zero-order chi connectivity index (χ0) is 44.4. The number of hydrogen-bond acceptors (Lipinski definition) is 20. The number of aliphatic carboxylic acids is 1. The van der Waals surface area contributed by atoms with Gasteiger partial charge in [-0.1, -0.05) is 12.2 Å². The van der Waals surface area contributed by atoms with Crippen molar-refractivity contribution in [2.24, 2.45) is 5.92 Å². The molecular formula is C38H38O21. The third-order valence-electron chi connectivity index (χ3n) is 8.77. The van der Waals surface area contributed by atoms with Gasteiger partial charge >= 0.3 is 53.7 Å². The van der Waals surface area contributed by atoms with E-state index in [9.17, 15) is 53.1 Å². The first-order valence-electron chi connectivity index (χ1n) is 17.4. The van der Waals surface area contributed by atoms with Crippen LogP contribution < -0.4 is 14.2 Å². The van der Waals surface area contributed by atoms with Gasteiger partial charge in [-0.2, -0.15) is 0 Å². The Bertz CT molecular complexity index is 2140. The lowest BCUT2D eigenvalue weighted by molar-refractivity contribution is -0.254. The fourth-order valence-electron chi connectivity index (χ4n) is 7.00. The van der Waals surface area contributed by atoms with Crippen molar-refractivity contribution in [2.75, 3.05) is 6.61 Å². The average Bonchev–Trinajstić information content (AvgIpc) is 3.07. The number of allylic oxidation sites excluding steroid dienone is 2. The highest BCUT2D eigenvalue weighted by molar-refractivity contribution is 6.32. The smallest absolute Gasteiger partial charge is 0.314 e. The molecule has 7 atom stereocenters. The number of benzene rings is 1. The molecule has 1 fully saturated rings. The molecule has 1 saturated heterocycles. The van der Waals surface area contributed by atoms with Crippen LogP contribution in [0.1, 0.15) is 94.7 Å². The number of carbonyl (C=O) groups excluding carboxylic acids is 10. The fourth-order valence-corrected chi connectivity index (χ4v) is 7.00. The van der Waals surface area contributed by atoms with Crippen molar-refractivity contribution in [1.29, 1.82) is 0 Å². The molecule has 0 amide bonds. The molecule has 21 nitrogen and oxygen atoms in total. The summed E-state index contributed by atoms with van der Waals surface area (Å²) in [5.74, 6) is -17.7. The maximum absolute atomic E-state index is 15.1. The molecule has 1 N–H and O–H groups in total. The first-order chi connectivity index (χ1) is 27.4. The van der Waals surface area contributed by atoms with Crippen molar-refractivity contribution >= 4 is 65.3 Å². The predicted molar refractivity (Wildman–Crippen MR) is 187 cm³/mol. The zero-order valence-electron chi connectivity index (χ0n) is 32.9. The van der Waals surface area contributed by atoms with Crippen LogP contribution in [0.2, 0.25) is 0 Å². The lowest BCUT2D eigenvalue weighted by Crippen LogP contribution is -2.59. The van der Waals surface area contributed by atoms with Crippen molar-refractivity contribution in [2.45, 2.75) is 98.4 Å². The first-order valence-corrected chi connectivity index (χ1v) is 17.4. The number of Topliss-reactive ketones (excluding diaryl/α,β-unsaturated/α-hetero) is 2. The highest BCUT2D eigenvalue weighted by Gasteiger charge is 2.58. The monoisotopic (exact) mass is 830 g/mol. The number of ketones is 2. The summed E-state index contributed by atoms with van der Waals surface area (Å²) in [7, 11) is 0. The summed E-state index contributed by atoms with van der Waals surface area (Å²) in [6, 6.07) is 0. The molecule has 2 aliphatic carbocycles. The van der Waals surface area contributed by atoms with E-state index in [1.165, 1.54) is 0 Å². The number of rotatable bonds is 11. The van der Waals surface area contributed by atoms with E-state index < -0.39 is 159 Å². The third kappa shape index (κ3) is 9.19. The van der Waals surface area contributed by atoms with Crippen LogP contribution in [-0.2, 0) is 71.6 Å². The molecule has 0 bridgehead atoms. The molecule has 1 aromatic rings. The van der Waals surface area contributed by atoms with Crippen LogP contribution in [0, 0.1) is 5.92 Å². The molecule has 3 aliphatic rings. The first kappa shape index (κ1) is 44.9. The Hall–Kier alpha value is -6.77. The Morgan fingerprint density at radius 2 is 1.12 bits per heavy atom. The number of carboxylic acids is 1. The van der Waals surface area contributed by atoms with Gasteiger partial charge in [-0.15, -0.1) is 0 Å². The Morgan fingerprint density at radius 1 is 0.627 bits per heavy atom. The highest BCUT2D eigenvalue weighted by atomic mass is 16.7. The summed E-state index contributed by atoms with van der Waals surface area (Å²) in [5.41, 5.74) is -6.41. The van der Waals surface area contributed by atoms with Gasteiger partial charge in [0, 0.05) is 61.0 Å². The normalized spacial score (nSPS) is 24.4. The van der Waals surface area contributed by atoms with E-state index in [-0.39, 0.29) is 0 Å². The van der Waals surface area contributed by atoms with Gasteiger partial charge in [0.2, 0.25) is 0 Å². The minimum Gasteiger partial charge on any atom is -0.481 e. The lowest BCUT2D eigenvalue weighted by Gasteiger charge is -2.45. The van der Waals surface area contributed by atoms with Crippen LogP contribution in [0.4, 0.5) is 0 Å². The van der Waals surface area contributed by atoms with Crippen LogP contribution in [0.25, 0.3) is 0 Å². The molecule has 59 heavy (non-hydrogen) atoms. The maximum atomic E-state index is 15.1. The Balaban J connectivity index is 2.28. The van der Waals surface area contributed by atoms with Gasteiger partial charge in [-0.05, 0) is 6.92 Å². The Labute approximate surface area is 333 Å². The second-order valence-corrected chi connectivity index (χ2v) is 13.4. The fraction of sp³-hybridized carbons (Fsp3) is 0.447. The number of hydrogen-bond donors (Lipinski definition) is 1. The van der Waals surface area contributed by atoms with Crippen LogP contribution in [0.3, 0.4) is 0 Å². The van der Waals surface area contributed by atoms with Gasteiger partial charge < -0.3 is 47.7 Å². The van der Waals surface area contributed by atoms with Crippen molar-refractivity contribution in [1.82, 2.24) is 0 Å². The van der Waals surface area contributed by atoms with E-state index in [4.69, 9.17) is 42.6 Å². The second kappa shape index (κ2) is 17.4. The topological polar surface area (TPSA) is 291 Å². The molecule has 4 rings (SSSR count). The molecule has 0 radical (unpaired) electrons. The zero-order valence-corrected chi connectivity index (χ0v) is 32.9. The highest BCUT2D eigenvalue weighted by Crippen LogP contribution is 2.56. The van der Waals surface area contributed by atoms with Gasteiger partial charge in [0.05, 0.1) is 22.3 Å². The minimum absolute atomic E-state index is 0.570. The number of fused-ring (bicyclic) bond motifs is 1. The van der Waals surface area contributed by atoms with Gasteiger partial charge in [-0.25, -0.2) is 0 Å². The Kier molecular flexibility index (Phi) is 13.2. The predicted octanol–water partition coefficient (Wildman–Crippen LogP) is 1.53. The second-order valence-electron chi connectivity index (χ2n) is 13.4. The van der Waals surface area contributed by atoms with Gasteiger partial charge in [0.25, 0.3) is 0 Å². The average molecular weight is 831 g/mol. The summed E-state index contributed by atoms with van der Waals surface area (Å²) < 4.78 is 49.9. The summed E-state index contributed by atoms with van der Waals surface area (Å²) >= 11 is 0. The largest absolute Gasteiger partial charge is 0.481 e. The Morgan fingerprint density at radius 3 is 1.61 bits per heavy atom. The van der Waals surface area contributed by atoms with Crippen LogP contribution in [0.5, 0.6) is 17.2 Å². The quantitative estimate of drug-likeness (QED) is 0.188. The molecule has 21 heteroatoms. The summed E-state index contributed by atoms with van der Waals surface area (Å²) in [5, 5.41) is 10.1. The van der Waals surface area contributed by atoms with E-state index >= 15 is 4.79 Å². The van der Waals surface area contributed by atoms with Gasteiger partial charge in [0.1, 0.15) is 24.7 Å². The van der Waals surface area contributed by atoms with E-state index in [0.29, 0.717) is 0 Å². The number of carbonyl (C=O) groups is 11. The van der Waals surface area contributed by atoms with Crippen LogP contribution >= 0.6 is 0 Å². The van der Waals surface area contributed by atoms with E-state index in [2.05, 4.69) is 0 Å². The van der Waals surface area contributed by atoms with Crippen molar-refractivity contribution in [3.8, 4) is 17.2 Å². The standard InChI is InChI=1S/C38H38O21/c1-13(39)51-12-23-30(52-14(2)40)35(56-18(6)44)36(57-19(7)45)34(58-23)26-31(53-15(3)41)25-24(32(54-16(4)42)33(26)55-17(5)43)28(47)21-10-11-22(37(49)50)38(9,59-20(8)46)27(21)29(25)48/h10-11,22-23,30,34-36H,12H2,1-9H3,(H,49,50)/t22?,23-,30-,34?,35+,36+,38?/m1/s1. The molecule has 3 unspecified atom stereocenters. The number of ether oxygens (including phenoxy) is 9. The minimum atomic E-state index is -2.44. The number of carboxylic acid groups (broad SMARTS) is 1. The maximum Gasteiger partial charge on any atom is 0.314 e. The van der Waals surface area contributed by atoms with Gasteiger partial charge in [0.15, 0.2) is 52.7 Å². The molecule has 0 aromatic heterocycles. The molecule has 1 aliphatic heterocycles. The van der Waals surface area contributed by atoms with E-state index in [1.807, 2.05) is 0 Å². The van der Waals surface area contributed by atoms with Crippen LogP contribution in [0.15, 0.2) is 23.3 Å².